The molecule has 0 unspecified atom stereocenters. The van der Waals surface area contributed by atoms with Crippen molar-refractivity contribution in [2.24, 2.45) is 4.99 Å². The molecule has 0 aliphatic carbocycles. The number of nitrogens with zero attached hydrogens (tertiary/aromatic N) is 2. The summed E-state index contributed by atoms with van der Waals surface area (Å²) in [6, 6.07) is 18.7. The Labute approximate surface area is 142 Å². The molecule has 2 aromatic heterocycles. The van der Waals surface area contributed by atoms with Gasteiger partial charge in [0.15, 0.2) is 0 Å². The molecule has 4 heteroatoms. The molecule has 0 aliphatic heterocycles. The Kier molecular flexibility index (Phi) is 3.77. The van der Waals surface area contributed by atoms with Crippen molar-refractivity contribution in [3.63, 3.8) is 0 Å². The molecule has 0 saturated carbocycles. The molecule has 0 atom stereocenters. The maximum Gasteiger partial charge on any atom is 0.124 e. The highest BCUT2D eigenvalue weighted by Crippen LogP contribution is 2.31. The number of hydrogen-bond acceptors (Lipinski definition) is 4. The van der Waals surface area contributed by atoms with E-state index >= 15 is 0 Å². The van der Waals surface area contributed by atoms with Gasteiger partial charge in [-0.05, 0) is 60.3 Å². The zero-order chi connectivity index (χ0) is 15.6. The van der Waals surface area contributed by atoms with Gasteiger partial charge in [-0.25, -0.2) is 4.98 Å². The lowest BCUT2D eigenvalue weighted by atomic mass is 10.2. The van der Waals surface area contributed by atoms with E-state index in [2.05, 4.69) is 53.7 Å². The SMILES string of the molecule is Cc1ccc2nc(-c3ccc(N=Cc4cccs4)cc3)sc2c1. The van der Waals surface area contributed by atoms with Crippen molar-refractivity contribution in [1.82, 2.24) is 4.98 Å². The zero-order valence-corrected chi connectivity index (χ0v) is 14.2. The first-order valence-electron chi connectivity index (χ1n) is 7.33. The summed E-state index contributed by atoms with van der Waals surface area (Å²) in [6.07, 6.45) is 1.90. The normalized spacial score (nSPS) is 11.5. The number of aromatic nitrogens is 1. The summed E-state index contributed by atoms with van der Waals surface area (Å²) in [4.78, 5) is 10.4. The number of aliphatic imine (C=N–C) groups is 1. The molecule has 0 fully saturated rings. The molecular formula is C19H14N2S2. The van der Waals surface area contributed by atoms with Crippen molar-refractivity contribution >= 4 is 44.8 Å². The van der Waals surface area contributed by atoms with Crippen LogP contribution in [-0.2, 0) is 0 Å². The van der Waals surface area contributed by atoms with E-state index in [0.717, 1.165) is 26.7 Å². The van der Waals surface area contributed by atoms with Crippen molar-refractivity contribution in [3.05, 3.63) is 70.4 Å². The topological polar surface area (TPSA) is 25.2 Å². The molecule has 0 aliphatic rings. The first-order chi connectivity index (χ1) is 11.3. The first kappa shape index (κ1) is 14.3. The third-order valence-electron chi connectivity index (χ3n) is 3.54. The smallest absolute Gasteiger partial charge is 0.124 e. The van der Waals surface area contributed by atoms with E-state index in [1.807, 2.05) is 24.4 Å². The third kappa shape index (κ3) is 3.09. The second kappa shape index (κ2) is 6.07. The molecule has 112 valence electrons. The zero-order valence-electron chi connectivity index (χ0n) is 12.6. The van der Waals surface area contributed by atoms with Crippen molar-refractivity contribution in [1.29, 1.82) is 0 Å². The molecule has 2 heterocycles. The van der Waals surface area contributed by atoms with Crippen LogP contribution < -0.4 is 0 Å². The van der Waals surface area contributed by atoms with Crippen LogP contribution in [0.5, 0.6) is 0 Å². The van der Waals surface area contributed by atoms with Crippen LogP contribution in [0.3, 0.4) is 0 Å². The van der Waals surface area contributed by atoms with Crippen molar-refractivity contribution in [3.8, 4) is 10.6 Å². The van der Waals surface area contributed by atoms with Gasteiger partial charge in [-0.2, -0.15) is 0 Å². The summed E-state index contributed by atoms with van der Waals surface area (Å²) < 4.78 is 1.24. The summed E-state index contributed by atoms with van der Waals surface area (Å²) in [5, 5.41) is 3.11. The Morgan fingerprint density at radius 3 is 2.70 bits per heavy atom. The summed E-state index contributed by atoms with van der Waals surface area (Å²) in [5.74, 6) is 0. The van der Waals surface area contributed by atoms with E-state index < -0.39 is 0 Å². The fourth-order valence-corrected chi connectivity index (χ4v) is 4.00. The number of benzene rings is 2. The van der Waals surface area contributed by atoms with Gasteiger partial charge < -0.3 is 0 Å². The monoisotopic (exact) mass is 334 g/mol. The van der Waals surface area contributed by atoms with Gasteiger partial charge in [-0.1, -0.05) is 12.1 Å². The number of thiazole rings is 1. The van der Waals surface area contributed by atoms with Crippen LogP contribution in [-0.4, -0.2) is 11.2 Å². The lowest BCUT2D eigenvalue weighted by molar-refractivity contribution is 1.45. The van der Waals surface area contributed by atoms with Gasteiger partial charge in [-0.3, -0.25) is 4.99 Å². The minimum Gasteiger partial charge on any atom is -0.255 e. The highest BCUT2D eigenvalue weighted by atomic mass is 32.1. The molecule has 0 bridgehead atoms. The highest BCUT2D eigenvalue weighted by molar-refractivity contribution is 7.21. The predicted octanol–water partition coefficient (Wildman–Crippen LogP) is 6.08. The summed E-state index contributed by atoms with van der Waals surface area (Å²) >= 11 is 3.42. The van der Waals surface area contributed by atoms with Crippen LogP contribution in [0, 0.1) is 6.92 Å². The molecule has 0 spiro atoms. The second-order valence-corrected chi connectivity index (χ2v) is 7.32. The number of aryl methyl sites for hydroxylation is 1. The Bertz CT molecular complexity index is 964. The minimum atomic E-state index is 0.958. The largest absolute Gasteiger partial charge is 0.255 e. The van der Waals surface area contributed by atoms with Gasteiger partial charge in [0.25, 0.3) is 0 Å². The van der Waals surface area contributed by atoms with Gasteiger partial charge in [0.05, 0.1) is 15.9 Å². The molecule has 2 aromatic carbocycles. The highest BCUT2D eigenvalue weighted by Gasteiger charge is 2.06. The molecule has 4 rings (SSSR count). The van der Waals surface area contributed by atoms with E-state index in [1.165, 1.54) is 10.3 Å². The van der Waals surface area contributed by atoms with Crippen LogP contribution >= 0.6 is 22.7 Å². The van der Waals surface area contributed by atoms with E-state index in [1.54, 1.807) is 22.7 Å². The average Bonchev–Trinajstić information content (AvgIpc) is 3.22. The van der Waals surface area contributed by atoms with E-state index in [4.69, 9.17) is 4.98 Å². The van der Waals surface area contributed by atoms with Gasteiger partial charge in [-0.15, -0.1) is 22.7 Å². The molecule has 2 nitrogen and oxygen atoms in total. The summed E-state index contributed by atoms with van der Waals surface area (Å²) in [6.45, 7) is 2.11. The van der Waals surface area contributed by atoms with E-state index in [0.29, 0.717) is 0 Å². The van der Waals surface area contributed by atoms with Gasteiger partial charge in [0.2, 0.25) is 0 Å². The quantitative estimate of drug-likeness (QED) is 0.417. The standard InChI is InChI=1S/C19H14N2S2/c1-13-4-9-17-18(11-13)23-19(21-17)14-5-7-15(8-6-14)20-12-16-3-2-10-22-16/h2-12H,1H3. The average molecular weight is 334 g/mol. The van der Waals surface area contributed by atoms with Crippen molar-refractivity contribution < 1.29 is 0 Å². The first-order valence-corrected chi connectivity index (χ1v) is 9.03. The molecule has 0 radical (unpaired) electrons. The minimum absolute atomic E-state index is 0.958. The van der Waals surface area contributed by atoms with Crippen LogP contribution in [0.15, 0.2) is 65.0 Å². The molecule has 0 amide bonds. The van der Waals surface area contributed by atoms with Crippen LogP contribution in [0.1, 0.15) is 10.4 Å². The summed E-state index contributed by atoms with van der Waals surface area (Å²) in [7, 11) is 0. The van der Waals surface area contributed by atoms with Crippen LogP contribution in [0.2, 0.25) is 0 Å². The Morgan fingerprint density at radius 2 is 1.91 bits per heavy atom. The third-order valence-corrected chi connectivity index (χ3v) is 5.42. The number of hydrogen-bond donors (Lipinski definition) is 0. The van der Waals surface area contributed by atoms with Crippen LogP contribution in [0.25, 0.3) is 20.8 Å². The van der Waals surface area contributed by atoms with E-state index in [9.17, 15) is 0 Å². The van der Waals surface area contributed by atoms with Gasteiger partial charge >= 0.3 is 0 Å². The molecule has 23 heavy (non-hydrogen) atoms. The Balaban J connectivity index is 1.61. The van der Waals surface area contributed by atoms with Gasteiger partial charge in [0.1, 0.15) is 5.01 Å². The Morgan fingerprint density at radius 1 is 1.04 bits per heavy atom. The van der Waals surface area contributed by atoms with Gasteiger partial charge in [0, 0.05) is 16.7 Å². The predicted molar refractivity (Wildman–Crippen MR) is 101 cm³/mol. The molecule has 0 N–H and O–H groups in total. The number of rotatable bonds is 3. The van der Waals surface area contributed by atoms with Crippen molar-refractivity contribution in [2.75, 3.05) is 0 Å². The Hall–Kier alpha value is -2.30. The second-order valence-electron chi connectivity index (χ2n) is 5.31. The fraction of sp³-hybridized carbons (Fsp3) is 0.0526. The number of fused-ring (bicyclic) bond motifs is 1. The maximum atomic E-state index is 4.72. The maximum absolute atomic E-state index is 4.72. The fourth-order valence-electron chi connectivity index (χ4n) is 2.35. The van der Waals surface area contributed by atoms with Crippen molar-refractivity contribution in [2.45, 2.75) is 6.92 Å². The lowest BCUT2D eigenvalue weighted by Crippen LogP contribution is -1.76. The number of thiophene rings is 1. The molecule has 0 saturated heterocycles. The lowest BCUT2D eigenvalue weighted by Gasteiger charge is -1.97. The molecular weight excluding hydrogens is 320 g/mol. The summed E-state index contributed by atoms with van der Waals surface area (Å²) in [5.41, 5.74) is 4.43. The van der Waals surface area contributed by atoms with Crippen LogP contribution in [0.4, 0.5) is 5.69 Å². The molecule has 4 aromatic rings. The van der Waals surface area contributed by atoms with E-state index in [-0.39, 0.29) is 0 Å².